The van der Waals surface area contributed by atoms with Crippen molar-refractivity contribution >= 4 is 27.7 Å². The lowest BCUT2D eigenvalue weighted by Gasteiger charge is -2.36. The molecule has 5 nitrogen and oxygen atoms in total. The minimum atomic E-state index is -0.202. The minimum absolute atomic E-state index is 0.158. The SMILES string of the molecule is O=C([C@@H]1CCCO1)N1CCN(c2ccc(Br)cn2)CC1. The molecule has 2 aliphatic heterocycles. The minimum Gasteiger partial charge on any atom is -0.368 e. The third-order valence-electron chi connectivity index (χ3n) is 3.83. The van der Waals surface area contributed by atoms with E-state index in [1.807, 2.05) is 17.0 Å². The van der Waals surface area contributed by atoms with Crippen molar-refractivity contribution in [2.75, 3.05) is 37.7 Å². The molecule has 0 saturated carbocycles. The van der Waals surface area contributed by atoms with Crippen molar-refractivity contribution < 1.29 is 9.53 Å². The Morgan fingerprint density at radius 3 is 2.70 bits per heavy atom. The molecule has 6 heteroatoms. The molecule has 0 spiro atoms. The highest BCUT2D eigenvalue weighted by atomic mass is 79.9. The molecule has 1 amide bonds. The van der Waals surface area contributed by atoms with Crippen LogP contribution in [0.15, 0.2) is 22.8 Å². The predicted molar refractivity (Wildman–Crippen MR) is 79.7 cm³/mol. The van der Waals surface area contributed by atoms with Crippen molar-refractivity contribution in [2.24, 2.45) is 0 Å². The lowest BCUT2D eigenvalue weighted by molar-refractivity contribution is -0.141. The molecule has 1 atom stereocenters. The average molecular weight is 340 g/mol. The summed E-state index contributed by atoms with van der Waals surface area (Å²) >= 11 is 3.39. The van der Waals surface area contributed by atoms with E-state index in [2.05, 4.69) is 25.8 Å². The molecule has 1 aromatic heterocycles. The highest BCUT2D eigenvalue weighted by Crippen LogP contribution is 2.19. The van der Waals surface area contributed by atoms with Crippen molar-refractivity contribution in [2.45, 2.75) is 18.9 Å². The van der Waals surface area contributed by atoms with Crippen LogP contribution in [0.4, 0.5) is 5.82 Å². The molecule has 0 aromatic carbocycles. The van der Waals surface area contributed by atoms with Crippen LogP contribution < -0.4 is 4.90 Å². The van der Waals surface area contributed by atoms with Crippen LogP contribution in [-0.2, 0) is 9.53 Å². The van der Waals surface area contributed by atoms with Crippen LogP contribution in [0, 0.1) is 0 Å². The summed E-state index contributed by atoms with van der Waals surface area (Å²) in [5.74, 6) is 1.13. The Morgan fingerprint density at radius 2 is 2.10 bits per heavy atom. The van der Waals surface area contributed by atoms with Gasteiger partial charge in [-0.3, -0.25) is 4.79 Å². The van der Waals surface area contributed by atoms with Crippen LogP contribution in [0.2, 0.25) is 0 Å². The summed E-state index contributed by atoms with van der Waals surface area (Å²) in [6, 6.07) is 3.99. The van der Waals surface area contributed by atoms with Crippen molar-refractivity contribution in [3.8, 4) is 0 Å². The highest BCUT2D eigenvalue weighted by molar-refractivity contribution is 9.10. The van der Waals surface area contributed by atoms with Gasteiger partial charge in [0.25, 0.3) is 5.91 Å². The molecule has 2 saturated heterocycles. The summed E-state index contributed by atoms with van der Waals surface area (Å²) in [6.45, 7) is 3.87. The fraction of sp³-hybridized carbons (Fsp3) is 0.571. The quantitative estimate of drug-likeness (QED) is 0.822. The fourth-order valence-corrected chi connectivity index (χ4v) is 2.92. The van der Waals surface area contributed by atoms with E-state index in [-0.39, 0.29) is 12.0 Å². The monoisotopic (exact) mass is 339 g/mol. The van der Waals surface area contributed by atoms with Gasteiger partial charge in [-0.05, 0) is 40.9 Å². The third kappa shape index (κ3) is 2.96. The normalized spacial score (nSPS) is 23.1. The molecular weight excluding hydrogens is 322 g/mol. The average Bonchev–Trinajstić information content (AvgIpc) is 3.02. The summed E-state index contributed by atoms with van der Waals surface area (Å²) in [5.41, 5.74) is 0. The zero-order chi connectivity index (χ0) is 13.9. The van der Waals surface area contributed by atoms with Gasteiger partial charge in [0, 0.05) is 43.5 Å². The molecule has 3 heterocycles. The predicted octanol–water partition coefficient (Wildman–Crippen LogP) is 1.67. The number of hydrogen-bond donors (Lipinski definition) is 0. The molecule has 2 aliphatic rings. The Kier molecular flexibility index (Phi) is 4.21. The van der Waals surface area contributed by atoms with E-state index in [0.717, 1.165) is 55.9 Å². The number of hydrogen-bond acceptors (Lipinski definition) is 4. The fourth-order valence-electron chi connectivity index (χ4n) is 2.69. The number of carbonyl (C=O) groups is 1. The van der Waals surface area contributed by atoms with Crippen molar-refractivity contribution in [1.82, 2.24) is 9.88 Å². The van der Waals surface area contributed by atoms with Gasteiger partial charge >= 0.3 is 0 Å². The van der Waals surface area contributed by atoms with E-state index in [1.165, 1.54) is 0 Å². The van der Waals surface area contributed by atoms with Gasteiger partial charge in [-0.2, -0.15) is 0 Å². The van der Waals surface area contributed by atoms with E-state index in [1.54, 1.807) is 6.20 Å². The van der Waals surface area contributed by atoms with Gasteiger partial charge in [-0.1, -0.05) is 0 Å². The molecule has 20 heavy (non-hydrogen) atoms. The molecule has 0 N–H and O–H groups in total. The van der Waals surface area contributed by atoms with Gasteiger partial charge in [0.15, 0.2) is 0 Å². The Bertz CT molecular complexity index is 466. The van der Waals surface area contributed by atoms with E-state index in [9.17, 15) is 4.79 Å². The first-order chi connectivity index (χ1) is 9.74. The molecule has 0 aliphatic carbocycles. The van der Waals surface area contributed by atoms with Gasteiger partial charge < -0.3 is 14.5 Å². The van der Waals surface area contributed by atoms with Crippen molar-refractivity contribution in [3.05, 3.63) is 22.8 Å². The Morgan fingerprint density at radius 1 is 1.30 bits per heavy atom. The topological polar surface area (TPSA) is 45.7 Å². The number of piperazine rings is 1. The van der Waals surface area contributed by atoms with Crippen LogP contribution >= 0.6 is 15.9 Å². The second-order valence-electron chi connectivity index (χ2n) is 5.15. The summed E-state index contributed by atoms with van der Waals surface area (Å²) in [6.07, 6.45) is 3.47. The van der Waals surface area contributed by atoms with Crippen LogP contribution in [0.25, 0.3) is 0 Å². The summed E-state index contributed by atoms with van der Waals surface area (Å²) in [7, 11) is 0. The number of nitrogens with zero attached hydrogens (tertiary/aromatic N) is 3. The van der Waals surface area contributed by atoms with Gasteiger partial charge in [-0.15, -0.1) is 0 Å². The molecule has 2 fully saturated rings. The molecule has 108 valence electrons. The summed E-state index contributed by atoms with van der Waals surface area (Å²) in [5, 5.41) is 0. The first kappa shape index (κ1) is 13.8. The molecule has 0 unspecified atom stereocenters. The number of aromatic nitrogens is 1. The van der Waals surface area contributed by atoms with Crippen molar-refractivity contribution in [1.29, 1.82) is 0 Å². The first-order valence-electron chi connectivity index (χ1n) is 7.01. The second kappa shape index (κ2) is 6.10. The number of halogens is 1. The van der Waals surface area contributed by atoms with E-state index in [0.29, 0.717) is 0 Å². The zero-order valence-electron chi connectivity index (χ0n) is 11.3. The van der Waals surface area contributed by atoms with Crippen LogP contribution in [0.1, 0.15) is 12.8 Å². The highest BCUT2D eigenvalue weighted by Gasteiger charge is 2.30. The smallest absolute Gasteiger partial charge is 0.251 e. The van der Waals surface area contributed by atoms with Gasteiger partial charge in [0.1, 0.15) is 11.9 Å². The molecule has 1 aromatic rings. The van der Waals surface area contributed by atoms with Gasteiger partial charge in [0.05, 0.1) is 0 Å². The maximum Gasteiger partial charge on any atom is 0.251 e. The van der Waals surface area contributed by atoms with E-state index >= 15 is 0 Å². The number of carbonyl (C=O) groups excluding carboxylic acids is 1. The van der Waals surface area contributed by atoms with Crippen LogP contribution in [0.5, 0.6) is 0 Å². The van der Waals surface area contributed by atoms with E-state index in [4.69, 9.17) is 4.74 Å². The summed E-state index contributed by atoms with van der Waals surface area (Å²) < 4.78 is 6.45. The Balaban J connectivity index is 1.56. The van der Waals surface area contributed by atoms with Crippen LogP contribution in [0.3, 0.4) is 0 Å². The molecule has 3 rings (SSSR count). The maximum atomic E-state index is 12.2. The third-order valence-corrected chi connectivity index (χ3v) is 4.30. The van der Waals surface area contributed by atoms with Crippen LogP contribution in [-0.4, -0.2) is 54.7 Å². The number of amides is 1. The number of pyridine rings is 1. The Hall–Kier alpha value is -1.14. The number of anilines is 1. The first-order valence-corrected chi connectivity index (χ1v) is 7.80. The van der Waals surface area contributed by atoms with E-state index < -0.39 is 0 Å². The van der Waals surface area contributed by atoms with Gasteiger partial charge in [-0.25, -0.2) is 4.98 Å². The number of ether oxygens (including phenoxy) is 1. The molecular formula is C14H18BrN3O2. The standard InChI is InChI=1S/C14H18BrN3O2/c15-11-3-4-13(16-10-11)17-5-7-18(8-6-17)14(19)12-2-1-9-20-12/h3-4,10,12H,1-2,5-9H2/t12-/m0/s1. The maximum absolute atomic E-state index is 12.2. The van der Waals surface area contributed by atoms with Crippen molar-refractivity contribution in [3.63, 3.8) is 0 Å². The lowest BCUT2D eigenvalue weighted by Crippen LogP contribution is -2.51. The summed E-state index contributed by atoms with van der Waals surface area (Å²) in [4.78, 5) is 20.8. The Labute approximate surface area is 127 Å². The largest absolute Gasteiger partial charge is 0.368 e. The number of rotatable bonds is 2. The molecule has 0 bridgehead atoms. The second-order valence-corrected chi connectivity index (χ2v) is 6.06. The zero-order valence-corrected chi connectivity index (χ0v) is 12.9. The van der Waals surface area contributed by atoms with Gasteiger partial charge in [0.2, 0.25) is 0 Å². The lowest BCUT2D eigenvalue weighted by atomic mass is 10.2. The molecule has 0 radical (unpaired) electrons.